The summed E-state index contributed by atoms with van der Waals surface area (Å²) in [5.41, 5.74) is 1.47. The van der Waals surface area contributed by atoms with Crippen LogP contribution in [0.4, 0.5) is 4.39 Å². The van der Waals surface area contributed by atoms with E-state index in [4.69, 9.17) is 4.74 Å². The maximum atomic E-state index is 13.1. The molecule has 1 aromatic rings. The number of aryl methyl sites for hydroxylation is 1. The highest BCUT2D eigenvalue weighted by molar-refractivity contribution is 5.25. The molecule has 0 aromatic heterocycles. The molecular formula is C13H19FO2. The van der Waals surface area contributed by atoms with Crippen LogP contribution in [0.1, 0.15) is 30.6 Å². The van der Waals surface area contributed by atoms with E-state index in [2.05, 4.69) is 0 Å². The third-order valence-corrected chi connectivity index (χ3v) is 2.53. The van der Waals surface area contributed by atoms with Gasteiger partial charge in [0.05, 0.1) is 6.10 Å². The van der Waals surface area contributed by atoms with Crippen LogP contribution in [-0.4, -0.2) is 18.8 Å². The summed E-state index contributed by atoms with van der Waals surface area (Å²) in [5.74, 6) is -0.0444. The molecule has 0 spiro atoms. The summed E-state index contributed by atoms with van der Waals surface area (Å²) in [6.07, 6.45) is -0.0453. The Hall–Kier alpha value is -0.930. The van der Waals surface area contributed by atoms with Gasteiger partial charge in [0.15, 0.2) is 0 Å². The van der Waals surface area contributed by atoms with Gasteiger partial charge in [-0.05, 0) is 42.5 Å². The van der Waals surface area contributed by atoms with E-state index in [9.17, 15) is 9.50 Å². The van der Waals surface area contributed by atoms with Crippen molar-refractivity contribution < 1.29 is 14.2 Å². The fraction of sp³-hybridized carbons (Fsp3) is 0.538. The highest BCUT2D eigenvalue weighted by atomic mass is 19.1. The Kier molecular flexibility index (Phi) is 4.90. The lowest BCUT2D eigenvalue weighted by atomic mass is 9.97. The molecule has 0 amide bonds. The Balaban J connectivity index is 2.68. The Morgan fingerprint density at radius 1 is 1.38 bits per heavy atom. The molecule has 0 bridgehead atoms. The van der Waals surface area contributed by atoms with Gasteiger partial charge in [0.2, 0.25) is 0 Å². The van der Waals surface area contributed by atoms with Gasteiger partial charge in [-0.2, -0.15) is 0 Å². The zero-order valence-corrected chi connectivity index (χ0v) is 10.0. The summed E-state index contributed by atoms with van der Waals surface area (Å²) in [4.78, 5) is 0. The smallest absolute Gasteiger partial charge is 0.123 e. The first-order valence-corrected chi connectivity index (χ1v) is 5.47. The van der Waals surface area contributed by atoms with E-state index >= 15 is 0 Å². The number of aliphatic hydroxyl groups is 1. The fourth-order valence-electron chi connectivity index (χ4n) is 1.83. The molecule has 2 nitrogen and oxygen atoms in total. The molecule has 2 atom stereocenters. The minimum Gasteiger partial charge on any atom is -0.388 e. The van der Waals surface area contributed by atoms with Crippen molar-refractivity contribution in [2.24, 2.45) is 5.92 Å². The lowest BCUT2D eigenvalue weighted by Gasteiger charge is -2.16. The molecule has 0 heterocycles. The first kappa shape index (κ1) is 13.1. The Bertz CT molecular complexity index is 318. The molecule has 0 aliphatic rings. The average molecular weight is 226 g/mol. The molecule has 90 valence electrons. The maximum absolute atomic E-state index is 13.1. The molecule has 0 fully saturated rings. The second kappa shape index (κ2) is 5.97. The van der Waals surface area contributed by atoms with Gasteiger partial charge in [0, 0.05) is 13.7 Å². The molecular weight excluding hydrogens is 207 g/mol. The van der Waals surface area contributed by atoms with Crippen molar-refractivity contribution in [2.75, 3.05) is 13.7 Å². The van der Waals surface area contributed by atoms with Gasteiger partial charge in [-0.15, -0.1) is 0 Å². The first-order valence-electron chi connectivity index (χ1n) is 5.47. The molecule has 2 unspecified atom stereocenters. The summed E-state index contributed by atoms with van der Waals surface area (Å²) in [7, 11) is 1.63. The van der Waals surface area contributed by atoms with Crippen LogP contribution in [0.5, 0.6) is 0 Å². The number of ether oxygens (including phenoxy) is 1. The summed E-state index contributed by atoms with van der Waals surface area (Å²) in [6.45, 7) is 4.42. The van der Waals surface area contributed by atoms with Crippen molar-refractivity contribution in [1.29, 1.82) is 0 Å². The molecule has 1 aromatic carbocycles. The monoisotopic (exact) mass is 226 g/mol. The molecule has 1 rings (SSSR count). The van der Waals surface area contributed by atoms with Gasteiger partial charge in [-0.3, -0.25) is 0 Å². The fourth-order valence-corrected chi connectivity index (χ4v) is 1.83. The van der Waals surface area contributed by atoms with E-state index in [1.807, 2.05) is 19.9 Å². The molecule has 3 heteroatoms. The Labute approximate surface area is 96.1 Å². The highest BCUT2D eigenvalue weighted by Gasteiger charge is 2.13. The van der Waals surface area contributed by atoms with Crippen LogP contribution < -0.4 is 0 Å². The van der Waals surface area contributed by atoms with Gasteiger partial charge in [-0.1, -0.05) is 13.0 Å². The van der Waals surface area contributed by atoms with Crippen molar-refractivity contribution in [3.05, 3.63) is 35.1 Å². The van der Waals surface area contributed by atoms with E-state index in [0.717, 1.165) is 5.56 Å². The van der Waals surface area contributed by atoms with Crippen molar-refractivity contribution in [2.45, 2.75) is 26.4 Å². The predicted molar refractivity (Wildman–Crippen MR) is 61.8 cm³/mol. The van der Waals surface area contributed by atoms with Crippen molar-refractivity contribution in [3.8, 4) is 0 Å². The second-order valence-corrected chi connectivity index (χ2v) is 4.37. The first-order chi connectivity index (χ1) is 7.52. The van der Waals surface area contributed by atoms with E-state index in [0.29, 0.717) is 18.6 Å². The number of methoxy groups -OCH3 is 1. The van der Waals surface area contributed by atoms with Crippen molar-refractivity contribution in [1.82, 2.24) is 0 Å². The number of rotatable bonds is 5. The van der Waals surface area contributed by atoms with Gasteiger partial charge in [-0.25, -0.2) is 4.39 Å². The third-order valence-electron chi connectivity index (χ3n) is 2.53. The van der Waals surface area contributed by atoms with Crippen LogP contribution in [-0.2, 0) is 4.74 Å². The van der Waals surface area contributed by atoms with Crippen LogP contribution in [0.3, 0.4) is 0 Å². The van der Waals surface area contributed by atoms with Gasteiger partial charge in [0.25, 0.3) is 0 Å². The molecule has 1 N–H and O–H groups in total. The zero-order chi connectivity index (χ0) is 12.1. The van der Waals surface area contributed by atoms with Gasteiger partial charge >= 0.3 is 0 Å². The molecule has 0 saturated carbocycles. The highest BCUT2D eigenvalue weighted by Crippen LogP contribution is 2.23. The standard InChI is InChI=1S/C13H19FO2/c1-9-4-11(7-12(14)5-9)13(15)6-10(2)8-16-3/h4-5,7,10,13,15H,6,8H2,1-3H3. The van der Waals surface area contributed by atoms with Crippen LogP contribution in [0.15, 0.2) is 18.2 Å². The maximum Gasteiger partial charge on any atom is 0.123 e. The number of hydrogen-bond acceptors (Lipinski definition) is 2. The van der Waals surface area contributed by atoms with Crippen LogP contribution in [0, 0.1) is 18.7 Å². The zero-order valence-electron chi connectivity index (χ0n) is 10.0. The normalized spacial score (nSPS) is 14.8. The molecule has 0 aliphatic heterocycles. The van der Waals surface area contributed by atoms with Crippen molar-refractivity contribution in [3.63, 3.8) is 0 Å². The topological polar surface area (TPSA) is 29.5 Å². The molecule has 0 radical (unpaired) electrons. The SMILES string of the molecule is COCC(C)CC(O)c1cc(C)cc(F)c1. The van der Waals surface area contributed by atoms with Crippen LogP contribution in [0.25, 0.3) is 0 Å². The minimum absolute atomic E-state index is 0.253. The number of aliphatic hydroxyl groups excluding tert-OH is 1. The summed E-state index contributed by atoms with van der Waals surface area (Å²) < 4.78 is 18.1. The van der Waals surface area contributed by atoms with Gasteiger partial charge in [0.1, 0.15) is 5.82 Å². The third kappa shape index (κ3) is 3.91. The van der Waals surface area contributed by atoms with Crippen LogP contribution >= 0.6 is 0 Å². The molecule has 0 aliphatic carbocycles. The van der Waals surface area contributed by atoms with E-state index in [-0.39, 0.29) is 11.7 Å². The lowest BCUT2D eigenvalue weighted by Crippen LogP contribution is -2.09. The summed E-state index contributed by atoms with van der Waals surface area (Å²) in [5, 5.41) is 9.94. The van der Waals surface area contributed by atoms with Crippen molar-refractivity contribution >= 4 is 0 Å². The number of halogens is 1. The summed E-state index contributed by atoms with van der Waals surface area (Å²) in [6, 6.07) is 4.65. The van der Waals surface area contributed by atoms with Crippen LogP contribution in [0.2, 0.25) is 0 Å². The Morgan fingerprint density at radius 3 is 2.62 bits per heavy atom. The molecule has 0 saturated heterocycles. The number of benzene rings is 1. The van der Waals surface area contributed by atoms with E-state index in [1.54, 1.807) is 7.11 Å². The second-order valence-electron chi connectivity index (χ2n) is 4.37. The largest absolute Gasteiger partial charge is 0.388 e. The quantitative estimate of drug-likeness (QED) is 0.836. The van der Waals surface area contributed by atoms with Gasteiger partial charge < -0.3 is 9.84 Å². The van der Waals surface area contributed by atoms with E-state index in [1.165, 1.54) is 12.1 Å². The average Bonchev–Trinajstić information content (AvgIpc) is 2.16. The lowest BCUT2D eigenvalue weighted by molar-refractivity contribution is 0.102. The molecule has 16 heavy (non-hydrogen) atoms. The number of hydrogen-bond donors (Lipinski definition) is 1. The Morgan fingerprint density at radius 2 is 2.06 bits per heavy atom. The minimum atomic E-state index is -0.625. The van der Waals surface area contributed by atoms with E-state index < -0.39 is 6.10 Å². The predicted octanol–water partition coefficient (Wildman–Crippen LogP) is 2.84. The summed E-state index contributed by atoms with van der Waals surface area (Å²) >= 11 is 0.